The highest BCUT2D eigenvalue weighted by Gasteiger charge is 2.08. The highest BCUT2D eigenvalue weighted by Crippen LogP contribution is 2.13. The van der Waals surface area contributed by atoms with Gasteiger partial charge in [-0.15, -0.1) is 0 Å². The third kappa shape index (κ3) is 5.54. The molecular weight excluding hydrogens is 238 g/mol. The van der Waals surface area contributed by atoms with Gasteiger partial charge in [0.25, 0.3) is 0 Å². The number of hydrogen-bond acceptors (Lipinski definition) is 3. The van der Waals surface area contributed by atoms with Crippen LogP contribution in [0.4, 0.5) is 0 Å². The SMILES string of the molecule is CCc1ccc(C(C#N)NCCCNC(C)=O)cc1. The van der Waals surface area contributed by atoms with Crippen molar-refractivity contribution in [2.24, 2.45) is 0 Å². The number of aryl methyl sites for hydroxylation is 1. The smallest absolute Gasteiger partial charge is 0.216 e. The van der Waals surface area contributed by atoms with E-state index in [1.165, 1.54) is 12.5 Å². The van der Waals surface area contributed by atoms with E-state index in [4.69, 9.17) is 5.26 Å². The third-order valence-electron chi connectivity index (χ3n) is 2.93. The zero-order valence-corrected chi connectivity index (χ0v) is 11.6. The summed E-state index contributed by atoms with van der Waals surface area (Å²) in [4.78, 5) is 10.7. The van der Waals surface area contributed by atoms with E-state index in [9.17, 15) is 4.79 Å². The molecule has 0 bridgehead atoms. The Morgan fingerprint density at radius 2 is 2.00 bits per heavy atom. The second-order valence-corrected chi connectivity index (χ2v) is 4.45. The highest BCUT2D eigenvalue weighted by atomic mass is 16.1. The van der Waals surface area contributed by atoms with Crippen molar-refractivity contribution in [1.82, 2.24) is 10.6 Å². The maximum Gasteiger partial charge on any atom is 0.216 e. The van der Waals surface area contributed by atoms with Crippen LogP contribution in [0.1, 0.15) is 37.4 Å². The van der Waals surface area contributed by atoms with E-state index in [0.29, 0.717) is 13.1 Å². The van der Waals surface area contributed by atoms with E-state index in [-0.39, 0.29) is 11.9 Å². The van der Waals surface area contributed by atoms with Crippen LogP contribution in [-0.4, -0.2) is 19.0 Å². The molecule has 1 aromatic rings. The summed E-state index contributed by atoms with van der Waals surface area (Å²) < 4.78 is 0. The summed E-state index contributed by atoms with van der Waals surface area (Å²) >= 11 is 0. The van der Waals surface area contributed by atoms with Crippen molar-refractivity contribution in [3.05, 3.63) is 35.4 Å². The minimum Gasteiger partial charge on any atom is -0.356 e. The van der Waals surface area contributed by atoms with Gasteiger partial charge < -0.3 is 5.32 Å². The topological polar surface area (TPSA) is 64.9 Å². The fraction of sp³-hybridized carbons (Fsp3) is 0.467. The normalized spacial score (nSPS) is 11.6. The van der Waals surface area contributed by atoms with Crippen molar-refractivity contribution < 1.29 is 4.79 Å². The lowest BCUT2D eigenvalue weighted by molar-refractivity contribution is -0.118. The molecule has 1 unspecified atom stereocenters. The van der Waals surface area contributed by atoms with E-state index >= 15 is 0 Å². The number of nitrogens with zero attached hydrogens (tertiary/aromatic N) is 1. The summed E-state index contributed by atoms with van der Waals surface area (Å²) in [6, 6.07) is 10.1. The highest BCUT2D eigenvalue weighted by molar-refractivity contribution is 5.72. The summed E-state index contributed by atoms with van der Waals surface area (Å²) in [6.07, 6.45) is 1.81. The lowest BCUT2D eigenvalue weighted by Gasteiger charge is -2.12. The number of nitrogens with one attached hydrogen (secondary N) is 2. The first kappa shape index (κ1) is 15.2. The molecule has 0 aliphatic carbocycles. The summed E-state index contributed by atoms with van der Waals surface area (Å²) in [5.74, 6) is -0.0213. The standard InChI is InChI=1S/C15H21N3O/c1-3-13-5-7-14(8-6-13)15(11-16)18-10-4-9-17-12(2)19/h5-8,15,18H,3-4,9-10H2,1-2H3,(H,17,19). The fourth-order valence-corrected chi connectivity index (χ4v) is 1.78. The van der Waals surface area contributed by atoms with E-state index < -0.39 is 0 Å². The molecule has 4 heteroatoms. The summed E-state index contributed by atoms with van der Waals surface area (Å²) in [5, 5.41) is 15.1. The molecule has 19 heavy (non-hydrogen) atoms. The van der Waals surface area contributed by atoms with Gasteiger partial charge in [-0.1, -0.05) is 31.2 Å². The third-order valence-corrected chi connectivity index (χ3v) is 2.93. The number of rotatable bonds is 7. The molecule has 0 heterocycles. The molecule has 0 aromatic heterocycles. The maximum absolute atomic E-state index is 10.7. The van der Waals surface area contributed by atoms with Gasteiger partial charge in [0.1, 0.15) is 6.04 Å². The second kappa shape index (κ2) is 8.28. The molecule has 1 amide bonds. The van der Waals surface area contributed by atoms with Crippen LogP contribution in [0.5, 0.6) is 0 Å². The quantitative estimate of drug-likeness (QED) is 0.735. The first-order valence-corrected chi connectivity index (χ1v) is 6.63. The van der Waals surface area contributed by atoms with Crippen molar-refractivity contribution in [2.75, 3.05) is 13.1 Å². The van der Waals surface area contributed by atoms with Gasteiger partial charge in [-0.3, -0.25) is 10.1 Å². The molecule has 0 fully saturated rings. The van der Waals surface area contributed by atoms with Crippen LogP contribution in [-0.2, 0) is 11.2 Å². The van der Waals surface area contributed by atoms with Crippen LogP contribution in [0, 0.1) is 11.3 Å². The van der Waals surface area contributed by atoms with Gasteiger partial charge in [0.15, 0.2) is 0 Å². The Morgan fingerprint density at radius 3 is 2.53 bits per heavy atom. The monoisotopic (exact) mass is 259 g/mol. The fourth-order valence-electron chi connectivity index (χ4n) is 1.78. The molecule has 0 saturated heterocycles. The molecule has 0 saturated carbocycles. The lowest BCUT2D eigenvalue weighted by atomic mass is 10.0. The van der Waals surface area contributed by atoms with E-state index in [1.807, 2.05) is 12.1 Å². The van der Waals surface area contributed by atoms with E-state index in [2.05, 4.69) is 35.8 Å². The number of carbonyl (C=O) groups excluding carboxylic acids is 1. The zero-order valence-electron chi connectivity index (χ0n) is 11.6. The van der Waals surface area contributed by atoms with Crippen LogP contribution >= 0.6 is 0 Å². The number of amides is 1. The predicted molar refractivity (Wildman–Crippen MR) is 75.5 cm³/mol. The number of hydrogen-bond donors (Lipinski definition) is 2. The molecule has 102 valence electrons. The largest absolute Gasteiger partial charge is 0.356 e. The lowest BCUT2D eigenvalue weighted by Crippen LogP contribution is -2.27. The first-order valence-electron chi connectivity index (χ1n) is 6.63. The second-order valence-electron chi connectivity index (χ2n) is 4.45. The van der Waals surface area contributed by atoms with Gasteiger partial charge in [0.2, 0.25) is 5.91 Å². The average Bonchev–Trinajstić information content (AvgIpc) is 2.43. The number of nitriles is 1. The molecule has 1 rings (SSSR count). The molecule has 2 N–H and O–H groups in total. The van der Waals surface area contributed by atoms with E-state index in [1.54, 1.807) is 0 Å². The average molecular weight is 259 g/mol. The van der Waals surface area contributed by atoms with Crippen molar-refractivity contribution >= 4 is 5.91 Å². The molecule has 0 spiro atoms. The number of carbonyl (C=O) groups is 1. The molecule has 0 aliphatic rings. The zero-order chi connectivity index (χ0) is 14.1. The van der Waals surface area contributed by atoms with Gasteiger partial charge >= 0.3 is 0 Å². The Kier molecular flexibility index (Phi) is 6.62. The van der Waals surface area contributed by atoms with E-state index in [0.717, 1.165) is 18.4 Å². The minimum absolute atomic E-state index is 0.0213. The van der Waals surface area contributed by atoms with Crippen LogP contribution in [0.15, 0.2) is 24.3 Å². The maximum atomic E-state index is 10.7. The summed E-state index contributed by atoms with van der Waals surface area (Å²) in [5.41, 5.74) is 2.25. The number of benzene rings is 1. The first-order chi connectivity index (χ1) is 9.17. The summed E-state index contributed by atoms with van der Waals surface area (Å²) in [6.45, 7) is 4.95. The van der Waals surface area contributed by atoms with Gasteiger partial charge in [-0.2, -0.15) is 5.26 Å². The van der Waals surface area contributed by atoms with Crippen LogP contribution in [0.3, 0.4) is 0 Å². The Balaban J connectivity index is 2.40. The molecule has 1 atom stereocenters. The molecule has 0 radical (unpaired) electrons. The molecule has 0 aliphatic heterocycles. The van der Waals surface area contributed by atoms with Crippen molar-refractivity contribution in [2.45, 2.75) is 32.7 Å². The van der Waals surface area contributed by atoms with Gasteiger partial charge in [0, 0.05) is 13.5 Å². The van der Waals surface area contributed by atoms with Crippen molar-refractivity contribution in [3.63, 3.8) is 0 Å². The molecule has 1 aromatic carbocycles. The van der Waals surface area contributed by atoms with Crippen molar-refractivity contribution in [1.29, 1.82) is 5.26 Å². The Labute approximate surface area is 114 Å². The Bertz CT molecular complexity index is 434. The predicted octanol–water partition coefficient (Wildman–Crippen LogP) is 1.93. The van der Waals surface area contributed by atoms with Crippen LogP contribution < -0.4 is 10.6 Å². The van der Waals surface area contributed by atoms with Crippen LogP contribution in [0.2, 0.25) is 0 Å². The van der Waals surface area contributed by atoms with Gasteiger partial charge in [0.05, 0.1) is 6.07 Å². The summed E-state index contributed by atoms with van der Waals surface area (Å²) in [7, 11) is 0. The Morgan fingerprint density at radius 1 is 1.32 bits per heavy atom. The molecule has 4 nitrogen and oxygen atoms in total. The van der Waals surface area contributed by atoms with Crippen LogP contribution in [0.25, 0.3) is 0 Å². The van der Waals surface area contributed by atoms with Crippen molar-refractivity contribution in [3.8, 4) is 6.07 Å². The Hall–Kier alpha value is -1.86. The minimum atomic E-state index is -0.289. The van der Waals surface area contributed by atoms with Gasteiger partial charge in [-0.25, -0.2) is 0 Å². The molecular formula is C15H21N3O. The van der Waals surface area contributed by atoms with Gasteiger partial charge in [-0.05, 0) is 30.5 Å².